The van der Waals surface area contributed by atoms with Crippen LogP contribution in [0.15, 0.2) is 0 Å². The first-order valence-corrected chi connectivity index (χ1v) is 26.8. The number of hydrogen-bond donors (Lipinski definition) is 0. The molecular formula is C55H110. The van der Waals surface area contributed by atoms with Crippen molar-refractivity contribution < 1.29 is 0 Å². The van der Waals surface area contributed by atoms with E-state index in [2.05, 4.69) is 55.4 Å². The van der Waals surface area contributed by atoms with E-state index in [4.69, 9.17) is 0 Å². The highest BCUT2D eigenvalue weighted by Crippen LogP contribution is 2.46. The SMILES string of the molecule is CCCCC(CCCCCCCCCCCCCC(C)CCC)CC(CCCC)CCCCCCCCCCCC1(CC)CCCCCC(C(C)C(C)C)C1. The smallest absolute Gasteiger partial charge is 0.0297 e. The van der Waals surface area contributed by atoms with Crippen LogP contribution in [0, 0.1) is 40.9 Å². The van der Waals surface area contributed by atoms with Crippen molar-refractivity contribution in [2.24, 2.45) is 40.9 Å². The third kappa shape index (κ3) is 29.0. The van der Waals surface area contributed by atoms with Crippen LogP contribution in [0.2, 0.25) is 0 Å². The summed E-state index contributed by atoms with van der Waals surface area (Å²) in [6.45, 7) is 19.6. The van der Waals surface area contributed by atoms with Gasteiger partial charge in [0.1, 0.15) is 0 Å². The van der Waals surface area contributed by atoms with Gasteiger partial charge in [-0.25, -0.2) is 0 Å². The van der Waals surface area contributed by atoms with Crippen molar-refractivity contribution >= 4 is 0 Å². The molecule has 1 aliphatic carbocycles. The van der Waals surface area contributed by atoms with Crippen molar-refractivity contribution in [1.82, 2.24) is 0 Å². The summed E-state index contributed by atoms with van der Waals surface area (Å²) in [5, 5.41) is 0. The Balaban J connectivity index is 2.20. The van der Waals surface area contributed by atoms with E-state index < -0.39 is 0 Å². The highest BCUT2D eigenvalue weighted by Gasteiger charge is 2.34. The molecule has 0 N–H and O–H groups in total. The summed E-state index contributed by atoms with van der Waals surface area (Å²) in [6.07, 6.45) is 59.3. The van der Waals surface area contributed by atoms with Crippen LogP contribution in [0.5, 0.6) is 0 Å². The van der Waals surface area contributed by atoms with Gasteiger partial charge in [0.15, 0.2) is 0 Å². The van der Waals surface area contributed by atoms with E-state index in [1.54, 1.807) is 6.42 Å². The average molecular weight is 771 g/mol. The van der Waals surface area contributed by atoms with Gasteiger partial charge in [-0.2, -0.15) is 0 Å². The van der Waals surface area contributed by atoms with E-state index in [0.717, 1.165) is 35.5 Å². The molecule has 1 fully saturated rings. The Morgan fingerprint density at radius 2 is 0.873 bits per heavy atom. The van der Waals surface area contributed by atoms with Crippen LogP contribution >= 0.6 is 0 Å². The Morgan fingerprint density at radius 1 is 0.436 bits per heavy atom. The lowest BCUT2D eigenvalue weighted by Gasteiger charge is -2.41. The minimum atomic E-state index is 0.657. The zero-order chi connectivity index (χ0) is 40.2. The number of unbranched alkanes of at least 4 members (excludes halogenated alkanes) is 20. The summed E-state index contributed by atoms with van der Waals surface area (Å²) in [5.41, 5.74) is 0.657. The van der Waals surface area contributed by atoms with Gasteiger partial charge in [0, 0.05) is 0 Å². The van der Waals surface area contributed by atoms with Gasteiger partial charge in [0.25, 0.3) is 0 Å². The zero-order valence-electron chi connectivity index (χ0n) is 40.2. The standard InChI is InChI=1S/C55H110/c1-9-13-40-52(42-33-28-24-20-17-15-16-19-23-27-32-39-50(7)38-11-3)47-53(41-14-10-2)43-34-29-25-21-18-22-26-30-36-45-55(12-4)46-37-31-35-44-54(48-55)51(8)49(5)6/h49-54H,9-48H2,1-8H3. The van der Waals surface area contributed by atoms with E-state index in [-0.39, 0.29) is 0 Å². The minimum Gasteiger partial charge on any atom is -0.0654 e. The molecule has 6 unspecified atom stereocenters. The summed E-state index contributed by atoms with van der Waals surface area (Å²) in [5.74, 6) is 5.68. The van der Waals surface area contributed by atoms with Crippen LogP contribution in [0.1, 0.15) is 312 Å². The average Bonchev–Trinajstić information content (AvgIpc) is 3.17. The molecule has 0 aliphatic heterocycles. The lowest BCUT2D eigenvalue weighted by Crippen LogP contribution is -2.30. The largest absolute Gasteiger partial charge is 0.0654 e. The Hall–Kier alpha value is 0. The fraction of sp³-hybridized carbons (Fsp3) is 1.00. The van der Waals surface area contributed by atoms with Gasteiger partial charge in [0.05, 0.1) is 0 Å². The summed E-state index contributed by atoms with van der Waals surface area (Å²) in [6, 6.07) is 0. The predicted molar refractivity (Wildman–Crippen MR) is 253 cm³/mol. The topological polar surface area (TPSA) is 0 Å². The van der Waals surface area contributed by atoms with Gasteiger partial charge in [-0.05, 0) is 66.6 Å². The summed E-state index contributed by atoms with van der Waals surface area (Å²) >= 11 is 0. The summed E-state index contributed by atoms with van der Waals surface area (Å²) in [7, 11) is 0. The monoisotopic (exact) mass is 771 g/mol. The molecule has 0 saturated heterocycles. The molecule has 0 aromatic rings. The van der Waals surface area contributed by atoms with Crippen LogP contribution in [0.4, 0.5) is 0 Å². The van der Waals surface area contributed by atoms with Crippen LogP contribution in [-0.2, 0) is 0 Å². The molecule has 0 aromatic heterocycles. The van der Waals surface area contributed by atoms with Gasteiger partial charge < -0.3 is 0 Å². The third-order valence-corrected chi connectivity index (χ3v) is 15.5. The Bertz CT molecular complexity index is 766. The maximum atomic E-state index is 2.56. The Labute approximate surface area is 351 Å². The molecule has 0 bridgehead atoms. The second-order valence-corrected chi connectivity index (χ2v) is 20.9. The van der Waals surface area contributed by atoms with Crippen LogP contribution < -0.4 is 0 Å². The summed E-state index contributed by atoms with van der Waals surface area (Å²) in [4.78, 5) is 0. The fourth-order valence-corrected chi connectivity index (χ4v) is 11.1. The maximum absolute atomic E-state index is 2.56. The molecule has 330 valence electrons. The quantitative estimate of drug-likeness (QED) is 0.0546. The molecule has 0 heterocycles. The molecular weight excluding hydrogens is 661 g/mol. The molecule has 0 radical (unpaired) electrons. The first-order valence-electron chi connectivity index (χ1n) is 26.8. The highest BCUT2D eigenvalue weighted by molar-refractivity contribution is 4.85. The molecule has 55 heavy (non-hydrogen) atoms. The molecule has 1 aliphatic rings. The molecule has 0 heteroatoms. The van der Waals surface area contributed by atoms with E-state index in [1.165, 1.54) is 250 Å². The van der Waals surface area contributed by atoms with Crippen molar-refractivity contribution in [3.63, 3.8) is 0 Å². The first-order chi connectivity index (χ1) is 26.8. The third-order valence-electron chi connectivity index (χ3n) is 15.5. The zero-order valence-corrected chi connectivity index (χ0v) is 40.2. The van der Waals surface area contributed by atoms with Crippen molar-refractivity contribution in [3.8, 4) is 0 Å². The first kappa shape index (κ1) is 53.0. The minimum absolute atomic E-state index is 0.657. The lowest BCUT2D eigenvalue weighted by molar-refractivity contribution is 0.101. The maximum Gasteiger partial charge on any atom is -0.0297 e. The van der Waals surface area contributed by atoms with E-state index >= 15 is 0 Å². The van der Waals surface area contributed by atoms with Crippen molar-refractivity contribution in [3.05, 3.63) is 0 Å². The second kappa shape index (κ2) is 37.0. The van der Waals surface area contributed by atoms with Crippen molar-refractivity contribution in [2.45, 2.75) is 312 Å². The fourth-order valence-electron chi connectivity index (χ4n) is 11.1. The van der Waals surface area contributed by atoms with Crippen LogP contribution in [-0.4, -0.2) is 0 Å². The van der Waals surface area contributed by atoms with E-state index in [0.29, 0.717) is 5.41 Å². The van der Waals surface area contributed by atoms with Crippen LogP contribution in [0.3, 0.4) is 0 Å². The molecule has 6 atom stereocenters. The number of rotatable bonds is 39. The van der Waals surface area contributed by atoms with Gasteiger partial charge in [-0.3, -0.25) is 0 Å². The van der Waals surface area contributed by atoms with Crippen molar-refractivity contribution in [2.75, 3.05) is 0 Å². The van der Waals surface area contributed by atoms with Gasteiger partial charge in [-0.15, -0.1) is 0 Å². The predicted octanol–water partition coefficient (Wildman–Crippen LogP) is 20.4. The molecule has 0 aromatic carbocycles. The molecule has 1 saturated carbocycles. The number of hydrogen-bond acceptors (Lipinski definition) is 0. The molecule has 1 rings (SSSR count). The molecule has 0 nitrogen and oxygen atoms in total. The normalized spacial score (nSPS) is 20.3. The second-order valence-electron chi connectivity index (χ2n) is 20.9. The highest BCUT2D eigenvalue weighted by atomic mass is 14.4. The van der Waals surface area contributed by atoms with Crippen LogP contribution in [0.25, 0.3) is 0 Å². The Kier molecular flexibility index (Phi) is 35.7. The van der Waals surface area contributed by atoms with Gasteiger partial charge in [-0.1, -0.05) is 287 Å². The van der Waals surface area contributed by atoms with Gasteiger partial charge >= 0.3 is 0 Å². The lowest BCUT2D eigenvalue weighted by atomic mass is 9.64. The van der Waals surface area contributed by atoms with E-state index in [1.807, 2.05) is 0 Å². The Morgan fingerprint density at radius 3 is 1.31 bits per heavy atom. The van der Waals surface area contributed by atoms with Gasteiger partial charge in [0.2, 0.25) is 0 Å². The molecule has 0 amide bonds. The van der Waals surface area contributed by atoms with E-state index in [9.17, 15) is 0 Å². The van der Waals surface area contributed by atoms with Crippen molar-refractivity contribution in [1.29, 1.82) is 0 Å². The molecule has 0 spiro atoms. The summed E-state index contributed by atoms with van der Waals surface area (Å²) < 4.78 is 0.